The molecule has 0 unspecified atom stereocenters. The van der Waals surface area contributed by atoms with E-state index in [1.807, 2.05) is 6.92 Å². The first-order chi connectivity index (χ1) is 13.7. The van der Waals surface area contributed by atoms with Gasteiger partial charge >= 0.3 is 12.3 Å². The van der Waals surface area contributed by atoms with Crippen molar-refractivity contribution in [2.75, 3.05) is 6.54 Å². The topological polar surface area (TPSA) is 58.6 Å². The lowest BCUT2D eigenvalue weighted by molar-refractivity contribution is -0.138. The zero-order valence-electron chi connectivity index (χ0n) is 17.7. The number of alkyl halides is 3. The number of amides is 2. The van der Waals surface area contributed by atoms with E-state index < -0.39 is 34.9 Å². The van der Waals surface area contributed by atoms with Crippen LogP contribution in [0, 0.1) is 0 Å². The molecule has 8 heteroatoms. The van der Waals surface area contributed by atoms with Gasteiger partial charge in [0.1, 0.15) is 5.60 Å². The number of hydrogen-bond acceptors (Lipinski definition) is 3. The lowest BCUT2D eigenvalue weighted by Crippen LogP contribution is -2.55. The van der Waals surface area contributed by atoms with Crippen LogP contribution in [0.2, 0.25) is 0 Å². The molecule has 0 saturated heterocycles. The van der Waals surface area contributed by atoms with E-state index in [9.17, 15) is 22.8 Å². The summed E-state index contributed by atoms with van der Waals surface area (Å²) in [6.07, 6.45) is -2.61. The van der Waals surface area contributed by atoms with Crippen molar-refractivity contribution >= 4 is 17.6 Å². The minimum atomic E-state index is -4.60. The number of carbonyl (C=O) groups excluding carboxylic acids is 2. The summed E-state index contributed by atoms with van der Waals surface area (Å²) in [6, 6.07) is 2.43. The van der Waals surface area contributed by atoms with Gasteiger partial charge in [0.2, 0.25) is 0 Å². The minimum absolute atomic E-state index is 0.000325. The lowest BCUT2D eigenvalue weighted by Gasteiger charge is -2.48. The maximum Gasteiger partial charge on any atom is 0.416 e. The number of ether oxygens (including phenoxy) is 1. The fraction of sp³-hybridized carbons (Fsp3) is 0.545. The zero-order valence-corrected chi connectivity index (χ0v) is 17.7. The standard InChI is InChI=1S/C22H27F3N2O3/c1-13(12-27(21(5)7-6-8-21)19(29)30-20(2,3)4)14-9-15-16(11-26-18(15)28)17(10-14)22(23,24)25/h9-10H,1,6-8,11-12H2,2-5H3,(H,26,28). The second-order valence-electron chi connectivity index (χ2n) is 9.25. The van der Waals surface area contributed by atoms with Gasteiger partial charge in [0.25, 0.3) is 5.91 Å². The zero-order chi connectivity index (χ0) is 22.5. The molecular weight excluding hydrogens is 397 g/mol. The van der Waals surface area contributed by atoms with E-state index in [0.29, 0.717) is 5.57 Å². The monoisotopic (exact) mass is 424 g/mol. The molecule has 1 heterocycles. The predicted octanol–water partition coefficient (Wildman–Crippen LogP) is 5.14. The highest BCUT2D eigenvalue weighted by atomic mass is 19.4. The minimum Gasteiger partial charge on any atom is -0.444 e. The Balaban J connectivity index is 1.94. The third-order valence-corrected chi connectivity index (χ3v) is 5.68. The van der Waals surface area contributed by atoms with Gasteiger partial charge in [-0.15, -0.1) is 0 Å². The maximum absolute atomic E-state index is 13.6. The summed E-state index contributed by atoms with van der Waals surface area (Å²) in [4.78, 5) is 26.4. The number of fused-ring (bicyclic) bond motifs is 1. The fourth-order valence-corrected chi connectivity index (χ4v) is 3.82. The van der Waals surface area contributed by atoms with Gasteiger partial charge in [-0.05, 0) is 75.8 Å². The first-order valence-corrected chi connectivity index (χ1v) is 9.92. The largest absolute Gasteiger partial charge is 0.444 e. The number of rotatable bonds is 4. The molecule has 0 radical (unpaired) electrons. The van der Waals surface area contributed by atoms with Crippen LogP contribution in [0.5, 0.6) is 0 Å². The molecule has 1 saturated carbocycles. The number of benzene rings is 1. The Morgan fingerprint density at radius 3 is 2.40 bits per heavy atom. The van der Waals surface area contributed by atoms with E-state index >= 15 is 0 Å². The van der Waals surface area contributed by atoms with Crippen molar-refractivity contribution in [3.05, 3.63) is 41.0 Å². The normalized spacial score (nSPS) is 17.6. The molecule has 1 aliphatic heterocycles. The van der Waals surface area contributed by atoms with Gasteiger partial charge in [-0.2, -0.15) is 13.2 Å². The van der Waals surface area contributed by atoms with E-state index in [0.717, 1.165) is 25.3 Å². The summed E-state index contributed by atoms with van der Waals surface area (Å²) in [5.41, 5.74) is -1.54. The molecule has 3 rings (SSSR count). The Bertz CT molecular complexity index is 896. The summed E-state index contributed by atoms with van der Waals surface area (Å²) in [5, 5.41) is 2.44. The van der Waals surface area contributed by atoms with Crippen LogP contribution in [0.25, 0.3) is 5.57 Å². The van der Waals surface area contributed by atoms with E-state index in [1.165, 1.54) is 6.07 Å². The maximum atomic E-state index is 13.6. The Morgan fingerprint density at radius 2 is 1.90 bits per heavy atom. The van der Waals surface area contributed by atoms with Gasteiger partial charge in [-0.25, -0.2) is 4.79 Å². The molecule has 5 nitrogen and oxygen atoms in total. The van der Waals surface area contributed by atoms with Crippen LogP contribution in [-0.2, 0) is 17.5 Å². The van der Waals surface area contributed by atoms with Crippen LogP contribution >= 0.6 is 0 Å². The summed E-state index contributed by atoms with van der Waals surface area (Å²) < 4.78 is 46.3. The molecule has 0 spiro atoms. The summed E-state index contributed by atoms with van der Waals surface area (Å²) in [5.74, 6) is -0.542. The highest BCUT2D eigenvalue weighted by Crippen LogP contribution is 2.40. The van der Waals surface area contributed by atoms with Gasteiger partial charge in [0, 0.05) is 24.2 Å². The average Bonchev–Trinajstić information content (AvgIpc) is 2.95. The van der Waals surface area contributed by atoms with Gasteiger partial charge in [-0.3, -0.25) is 9.69 Å². The number of halogens is 3. The fourth-order valence-electron chi connectivity index (χ4n) is 3.82. The van der Waals surface area contributed by atoms with Gasteiger partial charge in [0.05, 0.1) is 5.56 Å². The van der Waals surface area contributed by atoms with Crippen LogP contribution in [0.15, 0.2) is 18.7 Å². The van der Waals surface area contributed by atoms with Crippen molar-refractivity contribution < 1.29 is 27.5 Å². The molecule has 0 atom stereocenters. The number of carbonyl (C=O) groups is 2. The van der Waals surface area contributed by atoms with Crippen LogP contribution in [0.4, 0.5) is 18.0 Å². The molecule has 2 aliphatic rings. The Kier molecular flexibility index (Phi) is 5.41. The summed E-state index contributed by atoms with van der Waals surface area (Å²) in [6.45, 7) is 11.0. The Labute approximate surface area is 174 Å². The third-order valence-electron chi connectivity index (χ3n) is 5.68. The SMILES string of the molecule is C=C(CN(C(=O)OC(C)(C)C)C1(C)CCC1)c1cc2c(c(C(F)(F)F)c1)CNC2=O. The molecule has 164 valence electrons. The Hall–Kier alpha value is -2.51. The highest BCUT2D eigenvalue weighted by Gasteiger charge is 2.43. The van der Waals surface area contributed by atoms with Gasteiger partial charge in [-0.1, -0.05) is 6.58 Å². The molecule has 0 bridgehead atoms. The van der Waals surface area contributed by atoms with E-state index in [-0.39, 0.29) is 29.8 Å². The van der Waals surface area contributed by atoms with Crippen LogP contribution < -0.4 is 5.32 Å². The number of nitrogens with zero attached hydrogens (tertiary/aromatic N) is 1. The van der Waals surface area contributed by atoms with Crippen LogP contribution in [0.3, 0.4) is 0 Å². The van der Waals surface area contributed by atoms with Crippen molar-refractivity contribution in [2.45, 2.75) is 70.8 Å². The molecule has 2 amide bonds. The first kappa shape index (κ1) is 22.2. The molecular formula is C22H27F3N2O3. The average molecular weight is 424 g/mol. The second kappa shape index (κ2) is 7.32. The van der Waals surface area contributed by atoms with E-state index in [4.69, 9.17) is 4.74 Å². The second-order valence-corrected chi connectivity index (χ2v) is 9.25. The molecule has 30 heavy (non-hydrogen) atoms. The predicted molar refractivity (Wildman–Crippen MR) is 107 cm³/mol. The number of hydrogen-bond donors (Lipinski definition) is 1. The van der Waals surface area contributed by atoms with E-state index in [2.05, 4.69) is 11.9 Å². The van der Waals surface area contributed by atoms with Gasteiger partial charge in [0.15, 0.2) is 0 Å². The van der Waals surface area contributed by atoms with E-state index in [1.54, 1.807) is 25.7 Å². The van der Waals surface area contributed by atoms with Crippen molar-refractivity contribution in [2.24, 2.45) is 0 Å². The molecule has 1 aliphatic carbocycles. The lowest BCUT2D eigenvalue weighted by atomic mass is 9.77. The van der Waals surface area contributed by atoms with Crippen molar-refractivity contribution in [1.82, 2.24) is 10.2 Å². The molecule has 0 aromatic heterocycles. The Morgan fingerprint density at radius 1 is 1.27 bits per heavy atom. The number of nitrogens with one attached hydrogen (secondary N) is 1. The third kappa shape index (κ3) is 4.32. The van der Waals surface area contributed by atoms with Gasteiger partial charge < -0.3 is 10.1 Å². The van der Waals surface area contributed by atoms with Crippen molar-refractivity contribution in [3.63, 3.8) is 0 Å². The first-order valence-electron chi connectivity index (χ1n) is 9.92. The van der Waals surface area contributed by atoms with Crippen LogP contribution in [0.1, 0.15) is 74.0 Å². The molecule has 1 N–H and O–H groups in total. The summed E-state index contributed by atoms with van der Waals surface area (Å²) in [7, 11) is 0. The summed E-state index contributed by atoms with van der Waals surface area (Å²) >= 11 is 0. The quantitative estimate of drug-likeness (QED) is 0.728. The van der Waals surface area contributed by atoms with Crippen molar-refractivity contribution in [3.8, 4) is 0 Å². The molecule has 1 aromatic rings. The van der Waals surface area contributed by atoms with Crippen LogP contribution in [-0.4, -0.2) is 34.6 Å². The molecule has 1 fully saturated rings. The smallest absolute Gasteiger partial charge is 0.416 e. The molecule has 1 aromatic carbocycles. The van der Waals surface area contributed by atoms with Crippen molar-refractivity contribution in [1.29, 1.82) is 0 Å². The highest BCUT2D eigenvalue weighted by molar-refractivity contribution is 5.99.